The summed E-state index contributed by atoms with van der Waals surface area (Å²) in [6.07, 6.45) is 7.94. The van der Waals surface area contributed by atoms with Crippen molar-refractivity contribution in [1.82, 2.24) is 14.1 Å². The smallest absolute Gasteiger partial charge is 0.269 e. The zero-order valence-corrected chi connectivity index (χ0v) is 36.8. The van der Waals surface area contributed by atoms with Crippen molar-refractivity contribution < 1.29 is 9.30 Å². The number of imidazole rings is 1. The van der Waals surface area contributed by atoms with Crippen molar-refractivity contribution in [2.75, 3.05) is 0 Å². The minimum Gasteiger partial charge on any atom is -0.458 e. The number of ether oxygens (including phenoxy) is 1. The van der Waals surface area contributed by atoms with E-state index in [2.05, 4.69) is 240 Å². The molecule has 0 saturated carbocycles. The van der Waals surface area contributed by atoms with Gasteiger partial charge in [0.05, 0.1) is 28.1 Å². The van der Waals surface area contributed by atoms with E-state index in [-0.39, 0.29) is 16.2 Å². The van der Waals surface area contributed by atoms with Crippen molar-refractivity contribution in [1.29, 1.82) is 0 Å². The zero-order chi connectivity index (χ0) is 42.7. The predicted molar refractivity (Wildman–Crippen MR) is 252 cm³/mol. The van der Waals surface area contributed by atoms with Crippen LogP contribution in [0.5, 0.6) is 11.5 Å². The van der Waals surface area contributed by atoms with E-state index in [1.165, 1.54) is 27.6 Å². The summed E-state index contributed by atoms with van der Waals surface area (Å²) in [6, 6.07) is 53.9. The fourth-order valence-electron chi connectivity index (χ4n) is 8.18. The Kier molecular flexibility index (Phi) is 9.82. The molecule has 3 heterocycles. The molecule has 0 aliphatic rings. The summed E-state index contributed by atoms with van der Waals surface area (Å²) in [5.74, 6) is 2.37. The van der Waals surface area contributed by atoms with E-state index in [1.54, 1.807) is 0 Å². The molecule has 3 aromatic heterocycles. The van der Waals surface area contributed by atoms with Gasteiger partial charge >= 0.3 is 0 Å². The Labute approximate surface area is 360 Å². The number of rotatable bonds is 7. The fraction of sp³-hybridized carbons (Fsp3) is 0.214. The lowest BCUT2D eigenvalue weighted by Crippen LogP contribution is -2.39. The summed E-state index contributed by atoms with van der Waals surface area (Å²) >= 11 is 0. The number of nitrogens with zero attached hydrogens (tertiary/aromatic N) is 4. The van der Waals surface area contributed by atoms with Crippen molar-refractivity contribution in [2.24, 2.45) is 0 Å². The van der Waals surface area contributed by atoms with Crippen LogP contribution in [0, 0.1) is 6.33 Å². The normalized spacial score (nSPS) is 12.3. The Morgan fingerprint density at radius 1 is 0.508 bits per heavy atom. The van der Waals surface area contributed by atoms with Crippen LogP contribution in [-0.4, -0.2) is 14.1 Å². The molecule has 0 fully saturated rings. The molecule has 0 bridgehead atoms. The van der Waals surface area contributed by atoms with Gasteiger partial charge < -0.3 is 4.74 Å². The molecule has 0 saturated heterocycles. The lowest BCUT2D eigenvalue weighted by atomic mass is 9.84. The van der Waals surface area contributed by atoms with Gasteiger partial charge in [-0.05, 0) is 110 Å². The molecule has 0 atom stereocenters. The number of fused-ring (bicyclic) bond motifs is 3. The lowest BCUT2D eigenvalue weighted by Gasteiger charge is -2.24. The highest BCUT2D eigenvalue weighted by atomic mass is 16.5. The van der Waals surface area contributed by atoms with E-state index in [1.807, 2.05) is 6.20 Å². The summed E-state index contributed by atoms with van der Waals surface area (Å²) in [5, 5.41) is 2.33. The van der Waals surface area contributed by atoms with Gasteiger partial charge in [-0.2, -0.15) is 0 Å². The number of benzene rings is 6. The third kappa shape index (κ3) is 7.89. The molecule has 5 heteroatoms. The SMILES string of the molecule is CC(C)(C)c1cc(-c2ccccc2)cc(-[n+]2[c-]n(-c3cc(Oc4ccc5c6ccccc6n(-c6cc(C(C)(C)C)ccn6)c5c4)cc(-c4ccccc4)c3)cc2C(C)(C)C)c1. The summed E-state index contributed by atoms with van der Waals surface area (Å²) in [4.78, 5) is 4.90. The van der Waals surface area contributed by atoms with Crippen molar-refractivity contribution in [3.05, 3.63) is 187 Å². The van der Waals surface area contributed by atoms with E-state index in [9.17, 15) is 0 Å². The molecule has 6 aromatic carbocycles. The molecular weight excluding hydrogens is 745 g/mol. The maximum atomic E-state index is 6.91. The van der Waals surface area contributed by atoms with Crippen LogP contribution in [0.4, 0.5) is 0 Å². The first-order valence-electron chi connectivity index (χ1n) is 21.3. The van der Waals surface area contributed by atoms with Crippen molar-refractivity contribution >= 4 is 21.8 Å². The van der Waals surface area contributed by atoms with Gasteiger partial charge in [-0.25, -0.2) is 4.98 Å². The van der Waals surface area contributed by atoms with Crippen LogP contribution >= 0.6 is 0 Å². The topological polar surface area (TPSA) is 35.9 Å². The van der Waals surface area contributed by atoms with Crippen molar-refractivity contribution in [2.45, 2.75) is 78.6 Å². The fourth-order valence-corrected chi connectivity index (χ4v) is 8.18. The Balaban J connectivity index is 1.19. The first-order valence-corrected chi connectivity index (χ1v) is 21.3. The second-order valence-electron chi connectivity index (χ2n) is 19.3. The molecule has 0 N–H and O–H groups in total. The third-order valence-electron chi connectivity index (χ3n) is 11.6. The zero-order valence-electron chi connectivity index (χ0n) is 36.8. The van der Waals surface area contributed by atoms with E-state index in [4.69, 9.17) is 9.72 Å². The van der Waals surface area contributed by atoms with Gasteiger partial charge in [-0.1, -0.05) is 147 Å². The number of pyridine rings is 1. The Bertz CT molecular complexity index is 3040. The summed E-state index contributed by atoms with van der Waals surface area (Å²) in [7, 11) is 0. The van der Waals surface area contributed by atoms with Crippen LogP contribution in [0.1, 0.15) is 79.1 Å². The van der Waals surface area contributed by atoms with Crippen LogP contribution in [0.25, 0.3) is 61.3 Å². The first-order chi connectivity index (χ1) is 29.1. The average molecular weight is 799 g/mol. The quantitative estimate of drug-likeness (QED) is 0.119. The summed E-state index contributed by atoms with van der Waals surface area (Å²) in [6.45, 7) is 20.3. The Hall–Kier alpha value is -6.72. The molecule has 0 radical (unpaired) electrons. The van der Waals surface area contributed by atoms with E-state index in [0.717, 1.165) is 61.9 Å². The number of hydrogen-bond acceptors (Lipinski definition) is 2. The monoisotopic (exact) mass is 798 g/mol. The maximum absolute atomic E-state index is 6.91. The molecule has 5 nitrogen and oxygen atoms in total. The van der Waals surface area contributed by atoms with Gasteiger partial charge in [0, 0.05) is 29.2 Å². The highest BCUT2D eigenvalue weighted by molar-refractivity contribution is 6.09. The number of para-hydroxylation sites is 1. The molecule has 61 heavy (non-hydrogen) atoms. The second kappa shape index (κ2) is 15.1. The lowest BCUT2D eigenvalue weighted by molar-refractivity contribution is -0.611. The van der Waals surface area contributed by atoms with E-state index in [0.29, 0.717) is 0 Å². The van der Waals surface area contributed by atoms with Gasteiger partial charge in [0.1, 0.15) is 17.3 Å². The maximum Gasteiger partial charge on any atom is 0.269 e. The van der Waals surface area contributed by atoms with Crippen molar-refractivity contribution in [3.8, 4) is 50.9 Å². The van der Waals surface area contributed by atoms with E-state index < -0.39 is 0 Å². The number of aromatic nitrogens is 4. The van der Waals surface area contributed by atoms with Crippen LogP contribution in [0.15, 0.2) is 164 Å². The van der Waals surface area contributed by atoms with Crippen LogP contribution < -0.4 is 9.30 Å². The predicted octanol–water partition coefficient (Wildman–Crippen LogP) is 14.1. The molecule has 9 rings (SSSR count). The van der Waals surface area contributed by atoms with Crippen LogP contribution in [-0.2, 0) is 16.2 Å². The molecule has 0 amide bonds. The molecule has 0 unspecified atom stereocenters. The van der Waals surface area contributed by atoms with Gasteiger partial charge in [-0.3, -0.25) is 13.7 Å². The first kappa shape index (κ1) is 39.7. The minimum absolute atomic E-state index is 0.0160. The Morgan fingerprint density at radius 2 is 1.15 bits per heavy atom. The second-order valence-corrected chi connectivity index (χ2v) is 19.3. The minimum atomic E-state index is -0.183. The van der Waals surface area contributed by atoms with Crippen LogP contribution in [0.3, 0.4) is 0 Å². The largest absolute Gasteiger partial charge is 0.458 e. The standard InChI is InChI=1S/C56H54N4O/c1-54(2,3)42-26-27-57-53(33-42)60-50-23-17-16-22-48(50)49-25-24-46(35-51(49)60)61-47-31-41(39-20-14-11-15-21-39)29-44(34-47)58-36-52(56(7,8)9)59(37-58)45-30-40(38-18-12-10-13-19-38)28-43(32-45)55(4,5)6/h10-36H,1-9H3. The summed E-state index contributed by atoms with van der Waals surface area (Å²) in [5.41, 5.74) is 12.1. The van der Waals surface area contributed by atoms with Gasteiger partial charge in [0.15, 0.2) is 0 Å². The molecular formula is C56H54N4O. The van der Waals surface area contributed by atoms with Gasteiger partial charge in [0.25, 0.3) is 6.33 Å². The van der Waals surface area contributed by atoms with Crippen LogP contribution in [0.2, 0.25) is 0 Å². The van der Waals surface area contributed by atoms with Crippen molar-refractivity contribution in [3.63, 3.8) is 0 Å². The molecule has 304 valence electrons. The molecule has 0 aliphatic carbocycles. The van der Waals surface area contributed by atoms with E-state index >= 15 is 0 Å². The number of hydrogen-bond donors (Lipinski definition) is 0. The Morgan fingerprint density at radius 3 is 1.82 bits per heavy atom. The van der Waals surface area contributed by atoms with Gasteiger partial charge in [-0.15, -0.1) is 0 Å². The molecule has 0 spiro atoms. The molecule has 0 aliphatic heterocycles. The average Bonchev–Trinajstić information content (AvgIpc) is 3.85. The third-order valence-corrected chi connectivity index (χ3v) is 11.6. The highest BCUT2D eigenvalue weighted by Crippen LogP contribution is 2.38. The molecule has 9 aromatic rings. The summed E-state index contributed by atoms with van der Waals surface area (Å²) < 4.78 is 13.5. The highest BCUT2D eigenvalue weighted by Gasteiger charge is 2.25. The van der Waals surface area contributed by atoms with Gasteiger partial charge in [0.2, 0.25) is 0 Å².